The number of alkyl halides is 1. The molecular formula is C14H16BrN3O4S. The van der Waals surface area contributed by atoms with Gasteiger partial charge in [-0.25, -0.2) is 14.6 Å². The lowest BCUT2D eigenvalue weighted by Gasteiger charge is -2.20. The van der Waals surface area contributed by atoms with E-state index in [0.29, 0.717) is 22.4 Å². The Morgan fingerprint density at radius 2 is 2.30 bits per heavy atom. The first-order valence-corrected chi connectivity index (χ1v) is 8.93. The van der Waals surface area contributed by atoms with Crippen LogP contribution in [0.2, 0.25) is 0 Å². The van der Waals surface area contributed by atoms with Gasteiger partial charge in [-0.05, 0) is 13.8 Å². The summed E-state index contributed by atoms with van der Waals surface area (Å²) < 4.78 is 9.97. The van der Waals surface area contributed by atoms with E-state index < -0.39 is 18.0 Å². The van der Waals surface area contributed by atoms with Crippen molar-refractivity contribution in [3.8, 4) is 0 Å². The quantitative estimate of drug-likeness (QED) is 0.575. The van der Waals surface area contributed by atoms with Gasteiger partial charge >= 0.3 is 11.9 Å². The highest BCUT2D eigenvalue weighted by Crippen LogP contribution is 2.17. The molecule has 1 aliphatic heterocycles. The normalized spacial score (nSPS) is 15.5. The van der Waals surface area contributed by atoms with Gasteiger partial charge < -0.3 is 14.8 Å². The average Bonchev–Trinajstić information content (AvgIpc) is 3.08. The van der Waals surface area contributed by atoms with E-state index in [0.717, 1.165) is 5.01 Å². The van der Waals surface area contributed by atoms with Gasteiger partial charge in [0.1, 0.15) is 0 Å². The number of esters is 2. The number of nitrogens with one attached hydrogen (secondary N) is 1. The Morgan fingerprint density at radius 1 is 1.52 bits per heavy atom. The molecule has 1 unspecified atom stereocenters. The number of amidine groups is 1. The number of aliphatic imine (C=N–C) groups is 1. The fraction of sp³-hybridized carbons (Fsp3) is 0.429. The summed E-state index contributed by atoms with van der Waals surface area (Å²) in [7, 11) is 0. The number of hydrogen-bond donors (Lipinski definition) is 1. The van der Waals surface area contributed by atoms with Gasteiger partial charge in [-0.15, -0.1) is 11.3 Å². The van der Waals surface area contributed by atoms with Crippen LogP contribution >= 0.6 is 27.3 Å². The molecule has 0 amide bonds. The zero-order valence-electron chi connectivity index (χ0n) is 12.7. The van der Waals surface area contributed by atoms with Crippen LogP contribution < -0.4 is 5.32 Å². The molecular weight excluding hydrogens is 386 g/mol. The van der Waals surface area contributed by atoms with Crippen LogP contribution in [0.4, 0.5) is 0 Å². The second-order valence-corrected chi connectivity index (χ2v) is 5.97. The maximum absolute atomic E-state index is 12.2. The lowest BCUT2D eigenvalue weighted by atomic mass is 10.2. The highest BCUT2D eigenvalue weighted by molar-refractivity contribution is 9.09. The number of ether oxygens (including phenoxy) is 2. The third kappa shape index (κ3) is 4.38. The number of nitrogens with zero attached hydrogens (tertiary/aromatic N) is 2. The van der Waals surface area contributed by atoms with E-state index in [1.165, 1.54) is 18.3 Å². The van der Waals surface area contributed by atoms with Crippen LogP contribution in [0.1, 0.15) is 18.9 Å². The van der Waals surface area contributed by atoms with Crippen molar-refractivity contribution in [3.05, 3.63) is 27.9 Å². The summed E-state index contributed by atoms with van der Waals surface area (Å²) in [5.41, 5.74) is 1.02. The Balaban J connectivity index is 2.06. The topological polar surface area (TPSA) is 89.9 Å². The van der Waals surface area contributed by atoms with Gasteiger partial charge in [-0.3, -0.25) is 4.99 Å². The number of hydrogen-bond acceptors (Lipinski definition) is 8. The maximum Gasteiger partial charge on any atom is 0.347 e. The number of carbonyl (C=O) groups excluding carboxylic acids is 2. The Labute approximate surface area is 145 Å². The van der Waals surface area contributed by atoms with E-state index in [1.807, 2.05) is 5.38 Å². The van der Waals surface area contributed by atoms with Crippen molar-refractivity contribution in [2.24, 2.45) is 4.99 Å². The van der Waals surface area contributed by atoms with E-state index in [2.05, 4.69) is 31.2 Å². The number of aromatic nitrogens is 1. The van der Waals surface area contributed by atoms with Crippen LogP contribution in [-0.4, -0.2) is 47.3 Å². The van der Waals surface area contributed by atoms with Gasteiger partial charge in [-0.2, -0.15) is 0 Å². The van der Waals surface area contributed by atoms with E-state index in [9.17, 15) is 9.59 Å². The standard InChI is InChI=1S/C14H16BrN3O4S/c1-3-21-13(19)8(2)22-14(20)9-7-17-11(18-10(9)6-15)12-16-4-5-23-12/h4-5,8H,3,6-7H2,1-2H3,(H,17,18). The molecule has 1 atom stereocenters. The van der Waals surface area contributed by atoms with E-state index >= 15 is 0 Å². The van der Waals surface area contributed by atoms with Crippen LogP contribution in [0.25, 0.3) is 0 Å². The summed E-state index contributed by atoms with van der Waals surface area (Å²) in [5, 5.41) is 6.10. The van der Waals surface area contributed by atoms with Crippen molar-refractivity contribution in [3.63, 3.8) is 0 Å². The molecule has 1 aromatic rings. The second-order valence-electron chi connectivity index (χ2n) is 4.52. The molecule has 1 aromatic heterocycles. The summed E-state index contributed by atoms with van der Waals surface area (Å²) in [5.74, 6) is -0.545. The fourth-order valence-electron chi connectivity index (χ4n) is 1.81. The molecule has 0 radical (unpaired) electrons. The van der Waals surface area contributed by atoms with Crippen LogP contribution in [0.3, 0.4) is 0 Å². The van der Waals surface area contributed by atoms with Crippen molar-refractivity contribution in [2.45, 2.75) is 20.0 Å². The molecule has 0 saturated heterocycles. The monoisotopic (exact) mass is 401 g/mol. The zero-order chi connectivity index (χ0) is 16.8. The molecule has 0 saturated carbocycles. The predicted molar refractivity (Wildman–Crippen MR) is 89.7 cm³/mol. The summed E-state index contributed by atoms with van der Waals surface area (Å²) in [6.45, 7) is 3.57. The molecule has 0 spiro atoms. The Kier molecular flexibility index (Phi) is 6.28. The van der Waals surface area contributed by atoms with E-state index in [4.69, 9.17) is 9.47 Å². The van der Waals surface area contributed by atoms with E-state index in [1.54, 1.807) is 13.1 Å². The molecule has 0 aromatic carbocycles. The highest BCUT2D eigenvalue weighted by atomic mass is 79.9. The van der Waals surface area contributed by atoms with Crippen molar-refractivity contribution in [2.75, 3.05) is 18.5 Å². The third-order valence-corrected chi connectivity index (χ3v) is 4.29. The molecule has 0 fully saturated rings. The van der Waals surface area contributed by atoms with Crippen LogP contribution in [-0.2, 0) is 19.1 Å². The maximum atomic E-state index is 12.2. The van der Waals surface area contributed by atoms with Crippen molar-refractivity contribution < 1.29 is 19.1 Å². The first kappa shape index (κ1) is 17.6. The summed E-state index contributed by atoms with van der Waals surface area (Å²) in [4.78, 5) is 32.3. The molecule has 1 N–H and O–H groups in total. The van der Waals surface area contributed by atoms with E-state index in [-0.39, 0.29) is 13.2 Å². The van der Waals surface area contributed by atoms with Gasteiger partial charge in [-0.1, -0.05) is 15.9 Å². The van der Waals surface area contributed by atoms with Crippen molar-refractivity contribution in [1.82, 2.24) is 10.3 Å². The van der Waals surface area contributed by atoms with Crippen molar-refractivity contribution in [1.29, 1.82) is 0 Å². The summed E-state index contributed by atoms with van der Waals surface area (Å²) in [6, 6.07) is 0. The number of halogens is 1. The molecule has 0 aliphatic carbocycles. The third-order valence-electron chi connectivity index (χ3n) is 2.95. The Bertz CT molecular complexity index is 642. The van der Waals surface area contributed by atoms with Crippen LogP contribution in [0.5, 0.6) is 0 Å². The van der Waals surface area contributed by atoms with Gasteiger partial charge in [0.2, 0.25) is 0 Å². The first-order chi connectivity index (χ1) is 11.1. The minimum atomic E-state index is -0.962. The predicted octanol–water partition coefficient (Wildman–Crippen LogP) is 1.64. The molecule has 23 heavy (non-hydrogen) atoms. The molecule has 2 rings (SSSR count). The Morgan fingerprint density at radius 3 is 2.91 bits per heavy atom. The second kappa shape index (κ2) is 8.21. The Hall–Kier alpha value is -1.74. The summed E-state index contributed by atoms with van der Waals surface area (Å²) in [6.07, 6.45) is 0.725. The highest BCUT2D eigenvalue weighted by Gasteiger charge is 2.26. The number of allylic oxidation sites excluding steroid dienone is 1. The zero-order valence-corrected chi connectivity index (χ0v) is 15.1. The SMILES string of the molecule is CCOC(=O)C(C)OC(=O)C1=C(CBr)NC(c2nccs2)=NC1. The molecule has 1 aliphatic rings. The lowest BCUT2D eigenvalue weighted by Crippen LogP contribution is -2.35. The fourth-order valence-corrected chi connectivity index (χ4v) is 2.89. The van der Waals surface area contributed by atoms with Gasteiger partial charge in [0.15, 0.2) is 16.9 Å². The minimum absolute atomic E-state index is 0.164. The number of rotatable bonds is 6. The first-order valence-electron chi connectivity index (χ1n) is 6.93. The smallest absolute Gasteiger partial charge is 0.347 e. The van der Waals surface area contributed by atoms with Crippen LogP contribution in [0, 0.1) is 0 Å². The molecule has 124 valence electrons. The lowest BCUT2D eigenvalue weighted by molar-refractivity contribution is -0.164. The summed E-state index contributed by atoms with van der Waals surface area (Å²) >= 11 is 4.79. The van der Waals surface area contributed by atoms with Crippen LogP contribution in [0.15, 0.2) is 27.8 Å². The van der Waals surface area contributed by atoms with Crippen molar-refractivity contribution >= 4 is 45.0 Å². The molecule has 9 heteroatoms. The van der Waals surface area contributed by atoms with Gasteiger partial charge in [0, 0.05) is 22.6 Å². The van der Waals surface area contributed by atoms with Gasteiger partial charge in [0.25, 0.3) is 0 Å². The number of thiazole rings is 1. The average molecular weight is 402 g/mol. The van der Waals surface area contributed by atoms with Gasteiger partial charge in [0.05, 0.1) is 18.7 Å². The molecule has 7 nitrogen and oxygen atoms in total. The minimum Gasteiger partial charge on any atom is -0.463 e. The molecule has 2 heterocycles. The largest absolute Gasteiger partial charge is 0.463 e. The molecule has 0 bridgehead atoms. The number of carbonyl (C=O) groups is 2.